The van der Waals surface area contributed by atoms with Gasteiger partial charge in [-0.3, -0.25) is 0 Å². The van der Waals surface area contributed by atoms with Crippen molar-refractivity contribution in [3.8, 4) is 0 Å². The number of ether oxygens (including phenoxy) is 4. The Kier molecular flexibility index (Phi) is 14.8. The Morgan fingerprint density at radius 3 is 2.29 bits per heavy atom. The van der Waals surface area contributed by atoms with Crippen LogP contribution in [0.15, 0.2) is 54.6 Å². The number of methoxy groups -OCH3 is 2. The first kappa shape index (κ1) is 30.7. The molecular formula is C28H48O5Si. The number of allylic oxidation sites excluding steroid dienone is 2. The van der Waals surface area contributed by atoms with Crippen LogP contribution in [-0.4, -0.2) is 54.8 Å². The number of hydrogen-bond acceptors (Lipinski definition) is 5. The summed E-state index contributed by atoms with van der Waals surface area (Å²) < 4.78 is 28.8. The van der Waals surface area contributed by atoms with E-state index in [-0.39, 0.29) is 30.0 Å². The molecule has 0 N–H and O–H groups in total. The third-order valence-corrected chi connectivity index (χ3v) is 11.0. The summed E-state index contributed by atoms with van der Waals surface area (Å²) in [6.07, 6.45) is 10.3. The predicted octanol–water partition coefficient (Wildman–Crippen LogP) is 6.76. The Balaban J connectivity index is 2.47. The molecule has 0 spiro atoms. The highest BCUT2D eigenvalue weighted by Crippen LogP contribution is 2.36. The quantitative estimate of drug-likeness (QED) is 0.104. The second-order valence-electron chi connectivity index (χ2n) is 10.3. The van der Waals surface area contributed by atoms with Crippen LogP contribution in [0, 0.1) is 5.92 Å². The minimum Gasteiger partial charge on any atom is -0.417 e. The maximum absolute atomic E-state index is 6.27. The van der Waals surface area contributed by atoms with Crippen molar-refractivity contribution in [2.45, 2.75) is 77.5 Å². The first-order chi connectivity index (χ1) is 16.1. The molecule has 6 heteroatoms. The summed E-state index contributed by atoms with van der Waals surface area (Å²) in [6.45, 7) is 15.6. The van der Waals surface area contributed by atoms with Crippen LogP contribution in [0.5, 0.6) is 0 Å². The summed E-state index contributed by atoms with van der Waals surface area (Å²) in [4.78, 5) is 0. The summed E-state index contributed by atoms with van der Waals surface area (Å²) in [5, 5.41) is 0.243. The van der Waals surface area contributed by atoms with Crippen LogP contribution in [-0.2, 0) is 30.0 Å². The van der Waals surface area contributed by atoms with Gasteiger partial charge in [0.25, 0.3) is 0 Å². The molecule has 0 heterocycles. The molecule has 3 atom stereocenters. The van der Waals surface area contributed by atoms with Gasteiger partial charge in [-0.2, -0.15) is 0 Å². The average molecular weight is 493 g/mol. The van der Waals surface area contributed by atoms with Crippen molar-refractivity contribution in [3.63, 3.8) is 0 Å². The largest absolute Gasteiger partial charge is 0.417 e. The number of rotatable bonds is 17. The van der Waals surface area contributed by atoms with Gasteiger partial charge in [-0.25, -0.2) is 0 Å². The van der Waals surface area contributed by atoms with Gasteiger partial charge in [0.2, 0.25) is 0 Å². The molecule has 34 heavy (non-hydrogen) atoms. The Morgan fingerprint density at radius 1 is 1.00 bits per heavy atom. The van der Waals surface area contributed by atoms with Gasteiger partial charge in [0.1, 0.15) is 6.79 Å². The highest BCUT2D eigenvalue weighted by atomic mass is 28.4. The van der Waals surface area contributed by atoms with E-state index in [1.807, 2.05) is 18.2 Å². The number of hydrogen-bond donors (Lipinski definition) is 0. The summed E-state index contributed by atoms with van der Waals surface area (Å²) in [7, 11) is 1.71. The summed E-state index contributed by atoms with van der Waals surface area (Å²) in [6, 6.07) is 10.2. The van der Waals surface area contributed by atoms with E-state index in [1.54, 1.807) is 14.2 Å². The number of benzene rings is 1. The fourth-order valence-electron chi connectivity index (χ4n) is 3.05. The van der Waals surface area contributed by atoms with Gasteiger partial charge in [-0.15, -0.1) is 0 Å². The normalized spacial score (nSPS) is 15.8. The second kappa shape index (κ2) is 16.4. The van der Waals surface area contributed by atoms with Crippen LogP contribution in [0.25, 0.3) is 0 Å². The van der Waals surface area contributed by atoms with Gasteiger partial charge in [0.15, 0.2) is 8.32 Å². The van der Waals surface area contributed by atoms with Crippen molar-refractivity contribution >= 4 is 8.32 Å². The average Bonchev–Trinajstić information content (AvgIpc) is 2.80. The van der Waals surface area contributed by atoms with Gasteiger partial charge in [-0.1, -0.05) is 82.3 Å². The topological polar surface area (TPSA) is 46.2 Å². The van der Waals surface area contributed by atoms with Crippen molar-refractivity contribution in [1.29, 1.82) is 0 Å². The van der Waals surface area contributed by atoms with E-state index in [0.29, 0.717) is 13.2 Å². The molecule has 0 fully saturated rings. The van der Waals surface area contributed by atoms with Crippen molar-refractivity contribution in [1.82, 2.24) is 0 Å². The molecule has 194 valence electrons. The molecule has 0 aromatic heterocycles. The zero-order chi connectivity index (χ0) is 25.5. The fraction of sp³-hybridized carbons (Fsp3) is 0.643. The molecule has 1 rings (SSSR count). The lowest BCUT2D eigenvalue weighted by molar-refractivity contribution is -0.110. The second-order valence-corrected chi connectivity index (χ2v) is 15.1. The molecule has 0 aliphatic carbocycles. The van der Waals surface area contributed by atoms with Gasteiger partial charge >= 0.3 is 0 Å². The van der Waals surface area contributed by atoms with E-state index in [2.05, 4.69) is 77.2 Å². The van der Waals surface area contributed by atoms with Gasteiger partial charge < -0.3 is 23.4 Å². The highest BCUT2D eigenvalue weighted by Gasteiger charge is 2.36. The van der Waals surface area contributed by atoms with Crippen LogP contribution in [0.1, 0.15) is 46.1 Å². The van der Waals surface area contributed by atoms with Gasteiger partial charge in [0.05, 0.1) is 25.4 Å². The SMILES string of the molecule is COCO[C@H](COCc1ccccc1)[C@@H](C)/C=C/C=C/[C@H](CCCO[Si](C)(C)C(C)(C)C)OC. The first-order valence-electron chi connectivity index (χ1n) is 12.3. The molecule has 1 aromatic rings. The molecular weight excluding hydrogens is 444 g/mol. The minimum atomic E-state index is -1.68. The molecule has 0 bridgehead atoms. The maximum atomic E-state index is 6.27. The Morgan fingerprint density at radius 2 is 1.68 bits per heavy atom. The predicted molar refractivity (Wildman–Crippen MR) is 143 cm³/mol. The van der Waals surface area contributed by atoms with Crippen LogP contribution in [0.2, 0.25) is 18.1 Å². The van der Waals surface area contributed by atoms with E-state index < -0.39 is 8.32 Å². The van der Waals surface area contributed by atoms with Crippen molar-refractivity contribution in [3.05, 3.63) is 60.2 Å². The molecule has 0 saturated carbocycles. The Bertz CT molecular complexity index is 696. The lowest BCUT2D eigenvalue weighted by Gasteiger charge is -2.36. The third-order valence-electron chi connectivity index (χ3n) is 6.44. The van der Waals surface area contributed by atoms with E-state index in [1.165, 1.54) is 0 Å². The summed E-state index contributed by atoms with van der Waals surface area (Å²) in [5.74, 6) is 0.176. The lowest BCUT2D eigenvalue weighted by atomic mass is 10.0. The Hall–Kier alpha value is -1.28. The standard InChI is InChI=1S/C28H48O5Si/c1-24(27(32-23-29-5)22-31-21-25-16-10-9-11-17-25)15-12-13-18-26(30-6)19-14-20-33-34(7,8)28(2,3)4/h9-13,15-18,24,26-27H,14,19-23H2,1-8H3/b15-12+,18-13+/t24-,26+,27+/m0/s1. The Labute approximate surface area is 209 Å². The fourth-order valence-corrected chi connectivity index (χ4v) is 4.13. The molecule has 0 saturated heterocycles. The zero-order valence-electron chi connectivity index (χ0n) is 22.7. The van der Waals surface area contributed by atoms with E-state index in [0.717, 1.165) is 25.0 Å². The minimum absolute atomic E-state index is 0.0812. The molecule has 0 amide bonds. The van der Waals surface area contributed by atoms with E-state index in [9.17, 15) is 0 Å². The maximum Gasteiger partial charge on any atom is 0.191 e. The van der Waals surface area contributed by atoms with E-state index in [4.69, 9.17) is 23.4 Å². The molecule has 0 unspecified atom stereocenters. The van der Waals surface area contributed by atoms with E-state index >= 15 is 0 Å². The summed E-state index contributed by atoms with van der Waals surface area (Å²) in [5.41, 5.74) is 1.15. The highest BCUT2D eigenvalue weighted by molar-refractivity contribution is 6.74. The van der Waals surface area contributed by atoms with Gasteiger partial charge in [0, 0.05) is 26.7 Å². The third kappa shape index (κ3) is 12.4. The zero-order valence-corrected chi connectivity index (χ0v) is 23.7. The van der Waals surface area contributed by atoms with Gasteiger partial charge in [-0.05, 0) is 36.5 Å². The van der Waals surface area contributed by atoms with Crippen molar-refractivity contribution in [2.24, 2.45) is 5.92 Å². The molecule has 0 radical (unpaired) electrons. The lowest BCUT2D eigenvalue weighted by Crippen LogP contribution is -2.41. The first-order valence-corrected chi connectivity index (χ1v) is 15.3. The van der Waals surface area contributed by atoms with Crippen LogP contribution < -0.4 is 0 Å². The van der Waals surface area contributed by atoms with Crippen LogP contribution in [0.3, 0.4) is 0 Å². The molecule has 0 aliphatic heterocycles. The smallest absolute Gasteiger partial charge is 0.191 e. The van der Waals surface area contributed by atoms with Crippen molar-refractivity contribution < 1.29 is 23.4 Å². The van der Waals surface area contributed by atoms with Crippen molar-refractivity contribution in [2.75, 3.05) is 34.2 Å². The monoisotopic (exact) mass is 492 g/mol. The summed E-state index contributed by atoms with van der Waals surface area (Å²) >= 11 is 0. The molecule has 0 aliphatic rings. The molecule has 1 aromatic carbocycles. The van der Waals surface area contributed by atoms with Crippen LogP contribution in [0.4, 0.5) is 0 Å². The van der Waals surface area contributed by atoms with Crippen LogP contribution >= 0.6 is 0 Å². The molecule has 5 nitrogen and oxygen atoms in total.